The van der Waals surface area contributed by atoms with Crippen molar-refractivity contribution in [1.82, 2.24) is 0 Å². The van der Waals surface area contributed by atoms with Crippen molar-refractivity contribution in [2.24, 2.45) is 0 Å². The molecular weight excluding hydrogens is 331 g/mol. The van der Waals surface area contributed by atoms with E-state index in [1.807, 2.05) is 6.07 Å². The molecule has 0 aliphatic carbocycles. The average Bonchev–Trinajstić information content (AvgIpc) is 2.38. The number of benzene rings is 2. The van der Waals surface area contributed by atoms with E-state index in [0.717, 1.165) is 5.69 Å². The molecule has 0 saturated carbocycles. The fraction of sp³-hybridized carbons (Fsp3) is 0.0714. The van der Waals surface area contributed by atoms with Crippen LogP contribution in [0, 0.1) is 17.1 Å². The first kappa shape index (κ1) is 13.9. The summed E-state index contributed by atoms with van der Waals surface area (Å²) in [7, 11) is 0. The third-order valence-corrected chi connectivity index (χ3v) is 3.39. The van der Waals surface area contributed by atoms with Crippen molar-refractivity contribution in [2.75, 3.05) is 5.32 Å². The molecule has 5 heteroatoms. The van der Waals surface area contributed by atoms with Gasteiger partial charge < -0.3 is 5.32 Å². The molecule has 0 fully saturated rings. The van der Waals surface area contributed by atoms with Gasteiger partial charge in [-0.05, 0) is 30.3 Å². The van der Waals surface area contributed by atoms with Crippen molar-refractivity contribution in [3.63, 3.8) is 0 Å². The lowest BCUT2D eigenvalue weighted by molar-refractivity contribution is 0.612. The van der Waals surface area contributed by atoms with Gasteiger partial charge in [0.15, 0.2) is 0 Å². The van der Waals surface area contributed by atoms with Crippen LogP contribution in [0.3, 0.4) is 0 Å². The van der Waals surface area contributed by atoms with Crippen molar-refractivity contribution < 1.29 is 4.39 Å². The Hall–Kier alpha value is -1.57. The van der Waals surface area contributed by atoms with Crippen LogP contribution in [0.4, 0.5) is 10.1 Å². The molecule has 2 nitrogen and oxygen atoms in total. The highest BCUT2D eigenvalue weighted by molar-refractivity contribution is 9.10. The normalized spacial score (nSPS) is 10.0. The van der Waals surface area contributed by atoms with E-state index in [4.69, 9.17) is 16.9 Å². The molecule has 0 aromatic heterocycles. The van der Waals surface area contributed by atoms with Crippen LogP contribution in [-0.2, 0) is 6.54 Å². The summed E-state index contributed by atoms with van der Waals surface area (Å²) in [4.78, 5) is 0. The van der Waals surface area contributed by atoms with Crippen LogP contribution >= 0.6 is 27.5 Å². The van der Waals surface area contributed by atoms with Crippen molar-refractivity contribution in [3.05, 3.63) is 62.8 Å². The predicted octanol–water partition coefficient (Wildman–Crippen LogP) is 4.73. The fourth-order valence-corrected chi connectivity index (χ4v) is 2.13. The highest BCUT2D eigenvalue weighted by Gasteiger charge is 2.04. The summed E-state index contributed by atoms with van der Waals surface area (Å²) in [6, 6.07) is 11.9. The number of nitriles is 1. The van der Waals surface area contributed by atoms with Gasteiger partial charge in [0.1, 0.15) is 11.9 Å². The molecule has 1 N–H and O–H groups in total. The number of anilines is 1. The van der Waals surface area contributed by atoms with Gasteiger partial charge in [0.05, 0.1) is 10.6 Å². The molecule has 96 valence electrons. The Morgan fingerprint density at radius 2 is 2.05 bits per heavy atom. The van der Waals surface area contributed by atoms with Gasteiger partial charge in [0.25, 0.3) is 0 Å². The molecule has 0 saturated heterocycles. The van der Waals surface area contributed by atoms with E-state index in [0.29, 0.717) is 27.2 Å². The summed E-state index contributed by atoms with van der Waals surface area (Å²) in [5.74, 6) is -0.276. The quantitative estimate of drug-likeness (QED) is 0.878. The molecule has 0 bridgehead atoms. The molecule has 0 spiro atoms. The van der Waals surface area contributed by atoms with Gasteiger partial charge in [-0.1, -0.05) is 33.6 Å². The SMILES string of the molecule is N#Cc1ccc(NCc2ccc(Br)cc2F)cc1Cl. The minimum atomic E-state index is -0.276. The summed E-state index contributed by atoms with van der Waals surface area (Å²) >= 11 is 9.13. The Morgan fingerprint density at radius 3 is 2.68 bits per heavy atom. The summed E-state index contributed by atoms with van der Waals surface area (Å²) in [5.41, 5.74) is 1.72. The maximum absolute atomic E-state index is 13.6. The molecule has 0 aliphatic rings. The zero-order valence-electron chi connectivity index (χ0n) is 9.75. The van der Waals surface area contributed by atoms with Crippen molar-refractivity contribution in [2.45, 2.75) is 6.54 Å². The van der Waals surface area contributed by atoms with Gasteiger partial charge in [-0.15, -0.1) is 0 Å². The van der Waals surface area contributed by atoms with E-state index in [-0.39, 0.29) is 5.82 Å². The monoisotopic (exact) mass is 338 g/mol. The summed E-state index contributed by atoms with van der Waals surface area (Å²) in [5, 5.41) is 12.2. The van der Waals surface area contributed by atoms with E-state index in [1.165, 1.54) is 6.07 Å². The first-order valence-electron chi connectivity index (χ1n) is 5.47. The molecule has 19 heavy (non-hydrogen) atoms. The molecule has 0 unspecified atom stereocenters. The molecule has 0 heterocycles. The van der Waals surface area contributed by atoms with Crippen LogP contribution in [0.1, 0.15) is 11.1 Å². The van der Waals surface area contributed by atoms with Crippen molar-refractivity contribution >= 4 is 33.2 Å². The van der Waals surface area contributed by atoms with Crippen LogP contribution < -0.4 is 5.32 Å². The summed E-state index contributed by atoms with van der Waals surface area (Å²) in [6.45, 7) is 0.349. The Labute approximate surface area is 123 Å². The smallest absolute Gasteiger partial charge is 0.129 e. The Balaban J connectivity index is 2.10. The van der Waals surface area contributed by atoms with Gasteiger partial charge >= 0.3 is 0 Å². The van der Waals surface area contributed by atoms with E-state index >= 15 is 0 Å². The molecule has 2 rings (SSSR count). The molecule has 0 aliphatic heterocycles. The Morgan fingerprint density at radius 1 is 1.26 bits per heavy atom. The van der Waals surface area contributed by atoms with Crippen molar-refractivity contribution in [3.8, 4) is 6.07 Å². The number of hydrogen-bond donors (Lipinski definition) is 1. The highest BCUT2D eigenvalue weighted by atomic mass is 79.9. The van der Waals surface area contributed by atoms with Crippen LogP contribution in [0.2, 0.25) is 5.02 Å². The van der Waals surface area contributed by atoms with Crippen LogP contribution in [0.15, 0.2) is 40.9 Å². The highest BCUT2D eigenvalue weighted by Crippen LogP contribution is 2.21. The number of nitrogens with one attached hydrogen (secondary N) is 1. The lowest BCUT2D eigenvalue weighted by Gasteiger charge is -2.08. The molecular formula is C14H9BrClFN2. The van der Waals surface area contributed by atoms with Gasteiger partial charge in [0, 0.05) is 22.3 Å². The lowest BCUT2D eigenvalue weighted by Crippen LogP contribution is -2.01. The average molecular weight is 340 g/mol. The molecule has 2 aromatic rings. The van der Waals surface area contributed by atoms with Crippen LogP contribution in [0.5, 0.6) is 0 Å². The predicted molar refractivity (Wildman–Crippen MR) is 77.6 cm³/mol. The van der Waals surface area contributed by atoms with Gasteiger partial charge in [-0.3, -0.25) is 0 Å². The van der Waals surface area contributed by atoms with Crippen LogP contribution in [-0.4, -0.2) is 0 Å². The van der Waals surface area contributed by atoms with E-state index in [2.05, 4.69) is 21.2 Å². The van der Waals surface area contributed by atoms with Gasteiger partial charge in [-0.2, -0.15) is 5.26 Å². The fourth-order valence-electron chi connectivity index (χ4n) is 1.58. The second kappa shape index (κ2) is 6.05. The number of halogens is 3. The largest absolute Gasteiger partial charge is 0.381 e. The molecule has 0 atom stereocenters. The number of hydrogen-bond acceptors (Lipinski definition) is 2. The minimum Gasteiger partial charge on any atom is -0.381 e. The maximum atomic E-state index is 13.6. The Kier molecular flexibility index (Phi) is 4.41. The van der Waals surface area contributed by atoms with Crippen LogP contribution in [0.25, 0.3) is 0 Å². The standard InChI is InChI=1S/C14H9BrClFN2/c15-11-3-1-10(14(17)5-11)8-19-12-4-2-9(7-18)13(16)6-12/h1-6,19H,8H2. The number of rotatable bonds is 3. The Bertz CT molecular complexity index is 652. The zero-order valence-corrected chi connectivity index (χ0v) is 12.1. The molecule has 0 radical (unpaired) electrons. The summed E-state index contributed by atoms with van der Waals surface area (Å²) in [6.07, 6.45) is 0. The number of nitrogens with zero attached hydrogens (tertiary/aromatic N) is 1. The van der Waals surface area contributed by atoms with E-state index in [9.17, 15) is 4.39 Å². The first-order valence-corrected chi connectivity index (χ1v) is 6.64. The molecule has 0 amide bonds. The topological polar surface area (TPSA) is 35.8 Å². The first-order chi connectivity index (χ1) is 9.10. The second-order valence-corrected chi connectivity index (χ2v) is 5.22. The third-order valence-electron chi connectivity index (χ3n) is 2.59. The molecule has 2 aromatic carbocycles. The van der Waals surface area contributed by atoms with Gasteiger partial charge in [-0.25, -0.2) is 4.39 Å². The van der Waals surface area contributed by atoms with Crippen molar-refractivity contribution in [1.29, 1.82) is 5.26 Å². The minimum absolute atomic E-state index is 0.276. The van der Waals surface area contributed by atoms with E-state index in [1.54, 1.807) is 30.3 Å². The zero-order chi connectivity index (χ0) is 13.8. The lowest BCUT2D eigenvalue weighted by atomic mass is 10.2. The third kappa shape index (κ3) is 3.46. The maximum Gasteiger partial charge on any atom is 0.129 e. The van der Waals surface area contributed by atoms with E-state index < -0.39 is 0 Å². The van der Waals surface area contributed by atoms with Gasteiger partial charge in [0.2, 0.25) is 0 Å². The summed E-state index contributed by atoms with van der Waals surface area (Å²) < 4.78 is 14.3. The second-order valence-electron chi connectivity index (χ2n) is 3.90.